The van der Waals surface area contributed by atoms with Gasteiger partial charge in [0, 0.05) is 24.6 Å². The molecule has 0 aromatic heterocycles. The topological polar surface area (TPSA) is 86.8 Å². The number of carbonyl (C=O) groups is 2. The van der Waals surface area contributed by atoms with Crippen molar-refractivity contribution in [3.63, 3.8) is 0 Å². The minimum absolute atomic E-state index is 0.154. The molecule has 0 radical (unpaired) electrons. The molecule has 7 nitrogen and oxygen atoms in total. The summed E-state index contributed by atoms with van der Waals surface area (Å²) in [6, 6.07) is 19.5. The SMILES string of the molecule is CC[C@@H](C)NC(=O)[C@H](Cc1ccccc1)N(Cc1ccccc1F)C(=O)CN(c1c(C)cccc1C)S(C)(=O)=O. The molecule has 0 aliphatic heterocycles. The maximum Gasteiger partial charge on any atom is 0.244 e. The summed E-state index contributed by atoms with van der Waals surface area (Å²) in [5.74, 6) is -1.52. The van der Waals surface area contributed by atoms with E-state index in [1.54, 1.807) is 44.2 Å². The van der Waals surface area contributed by atoms with Crippen LogP contribution >= 0.6 is 0 Å². The Kier molecular flexibility index (Phi) is 10.5. The Bertz CT molecular complexity index is 1410. The maximum absolute atomic E-state index is 14.8. The molecule has 0 unspecified atom stereocenters. The van der Waals surface area contributed by atoms with Gasteiger partial charge in [0.2, 0.25) is 21.8 Å². The molecule has 1 N–H and O–H groups in total. The first-order valence-electron chi connectivity index (χ1n) is 13.3. The highest BCUT2D eigenvalue weighted by Gasteiger charge is 2.34. The van der Waals surface area contributed by atoms with Gasteiger partial charge in [0.15, 0.2) is 0 Å². The third-order valence-electron chi connectivity index (χ3n) is 6.94. The molecule has 0 spiro atoms. The molecule has 0 aliphatic rings. The number of hydrogen-bond donors (Lipinski definition) is 1. The van der Waals surface area contributed by atoms with Gasteiger partial charge < -0.3 is 10.2 Å². The number of nitrogens with zero attached hydrogens (tertiary/aromatic N) is 2. The monoisotopic (exact) mass is 567 g/mol. The van der Waals surface area contributed by atoms with Gasteiger partial charge in [-0.2, -0.15) is 0 Å². The first kappa shape index (κ1) is 30.8. The summed E-state index contributed by atoms with van der Waals surface area (Å²) in [7, 11) is -3.89. The average molecular weight is 568 g/mol. The van der Waals surface area contributed by atoms with Gasteiger partial charge in [-0.25, -0.2) is 12.8 Å². The molecule has 0 saturated heterocycles. The molecule has 9 heteroatoms. The lowest BCUT2D eigenvalue weighted by atomic mass is 10.0. The molecule has 3 rings (SSSR count). The second-order valence-electron chi connectivity index (χ2n) is 10.1. The molecular formula is C31H38FN3O4S. The van der Waals surface area contributed by atoms with Crippen LogP contribution in [0.4, 0.5) is 10.1 Å². The van der Waals surface area contributed by atoms with E-state index < -0.39 is 34.3 Å². The quantitative estimate of drug-likeness (QED) is 0.342. The highest BCUT2D eigenvalue weighted by Crippen LogP contribution is 2.27. The molecule has 0 aliphatic carbocycles. The Balaban J connectivity index is 2.11. The van der Waals surface area contributed by atoms with Crippen molar-refractivity contribution in [3.05, 3.63) is 101 Å². The fraction of sp³-hybridized carbons (Fsp3) is 0.355. The number of benzene rings is 3. The van der Waals surface area contributed by atoms with E-state index in [1.807, 2.05) is 50.2 Å². The zero-order chi connectivity index (χ0) is 29.4. The number of hydrogen-bond acceptors (Lipinski definition) is 4. The summed E-state index contributed by atoms with van der Waals surface area (Å²) in [4.78, 5) is 29.1. The zero-order valence-electron chi connectivity index (χ0n) is 23.7. The van der Waals surface area contributed by atoms with Gasteiger partial charge in [0.25, 0.3) is 0 Å². The normalized spacial score (nSPS) is 12.8. The Labute approximate surface area is 237 Å². The van der Waals surface area contributed by atoms with Crippen LogP contribution in [-0.2, 0) is 32.6 Å². The molecule has 0 bridgehead atoms. The summed E-state index contributed by atoms with van der Waals surface area (Å²) in [5.41, 5.74) is 2.83. The predicted octanol–water partition coefficient (Wildman–Crippen LogP) is 4.76. The molecule has 40 heavy (non-hydrogen) atoms. The molecule has 0 heterocycles. The van der Waals surface area contributed by atoms with Crippen molar-refractivity contribution in [2.45, 2.75) is 59.2 Å². The van der Waals surface area contributed by atoms with E-state index >= 15 is 0 Å². The van der Waals surface area contributed by atoms with Gasteiger partial charge in [0.05, 0.1) is 11.9 Å². The minimum atomic E-state index is -3.89. The molecule has 0 saturated carbocycles. The van der Waals surface area contributed by atoms with Gasteiger partial charge in [-0.05, 0) is 49.9 Å². The molecule has 2 amide bonds. The summed E-state index contributed by atoms with van der Waals surface area (Å²) < 4.78 is 41.9. The van der Waals surface area contributed by atoms with Crippen LogP contribution in [0.2, 0.25) is 0 Å². The molecular weight excluding hydrogens is 529 g/mol. The second-order valence-corrected chi connectivity index (χ2v) is 12.1. The lowest BCUT2D eigenvalue weighted by molar-refractivity contribution is -0.140. The van der Waals surface area contributed by atoms with E-state index in [0.29, 0.717) is 23.2 Å². The summed E-state index contributed by atoms with van der Waals surface area (Å²) in [5, 5.41) is 2.96. The number of para-hydroxylation sites is 1. The third kappa shape index (κ3) is 7.91. The smallest absolute Gasteiger partial charge is 0.244 e. The van der Waals surface area contributed by atoms with Crippen LogP contribution in [0.1, 0.15) is 42.5 Å². The Morgan fingerprint density at radius 3 is 2.10 bits per heavy atom. The van der Waals surface area contributed by atoms with E-state index in [0.717, 1.165) is 16.1 Å². The van der Waals surface area contributed by atoms with Crippen LogP contribution in [0.3, 0.4) is 0 Å². The highest BCUT2D eigenvalue weighted by molar-refractivity contribution is 7.92. The maximum atomic E-state index is 14.8. The summed E-state index contributed by atoms with van der Waals surface area (Å²) >= 11 is 0. The van der Waals surface area contributed by atoms with Crippen molar-refractivity contribution >= 4 is 27.5 Å². The largest absolute Gasteiger partial charge is 0.352 e. The second kappa shape index (κ2) is 13.6. The first-order chi connectivity index (χ1) is 18.9. The number of rotatable bonds is 12. The van der Waals surface area contributed by atoms with Gasteiger partial charge in [-0.3, -0.25) is 13.9 Å². The van der Waals surface area contributed by atoms with Crippen molar-refractivity contribution < 1.29 is 22.4 Å². The van der Waals surface area contributed by atoms with Crippen LogP contribution in [-0.4, -0.2) is 50.0 Å². The van der Waals surface area contributed by atoms with Crippen molar-refractivity contribution in [2.24, 2.45) is 0 Å². The van der Waals surface area contributed by atoms with Gasteiger partial charge in [-0.1, -0.05) is 73.7 Å². The predicted molar refractivity (Wildman–Crippen MR) is 157 cm³/mol. The molecule has 0 fully saturated rings. The van der Waals surface area contributed by atoms with Crippen molar-refractivity contribution in [3.8, 4) is 0 Å². The molecule has 3 aromatic carbocycles. The number of aryl methyl sites for hydroxylation is 2. The molecule has 214 valence electrons. The van der Waals surface area contributed by atoms with E-state index in [2.05, 4.69) is 5.32 Å². The van der Waals surface area contributed by atoms with Crippen molar-refractivity contribution in [1.29, 1.82) is 0 Å². The number of halogens is 1. The van der Waals surface area contributed by atoms with Crippen LogP contribution < -0.4 is 9.62 Å². The van der Waals surface area contributed by atoms with Gasteiger partial charge in [-0.15, -0.1) is 0 Å². The lowest BCUT2D eigenvalue weighted by Crippen LogP contribution is -2.54. The van der Waals surface area contributed by atoms with Crippen LogP contribution in [0.25, 0.3) is 0 Å². The molecule has 3 aromatic rings. The van der Waals surface area contributed by atoms with Gasteiger partial charge in [0.1, 0.15) is 18.4 Å². The zero-order valence-corrected chi connectivity index (χ0v) is 24.5. The highest BCUT2D eigenvalue weighted by atomic mass is 32.2. The van der Waals surface area contributed by atoms with E-state index in [-0.39, 0.29) is 30.5 Å². The Morgan fingerprint density at radius 1 is 0.925 bits per heavy atom. The van der Waals surface area contributed by atoms with Crippen LogP contribution in [0.5, 0.6) is 0 Å². The lowest BCUT2D eigenvalue weighted by Gasteiger charge is -2.34. The number of amides is 2. The Hall–Kier alpha value is -3.72. The van der Waals surface area contributed by atoms with E-state index in [9.17, 15) is 22.4 Å². The average Bonchev–Trinajstić information content (AvgIpc) is 2.90. The van der Waals surface area contributed by atoms with Crippen LogP contribution in [0, 0.1) is 19.7 Å². The van der Waals surface area contributed by atoms with Crippen molar-refractivity contribution in [2.75, 3.05) is 17.1 Å². The Morgan fingerprint density at radius 2 is 1.52 bits per heavy atom. The molecule has 2 atom stereocenters. The van der Waals surface area contributed by atoms with E-state index in [4.69, 9.17) is 0 Å². The summed E-state index contributed by atoms with van der Waals surface area (Å²) in [6.45, 7) is 6.61. The fourth-order valence-electron chi connectivity index (χ4n) is 4.58. The minimum Gasteiger partial charge on any atom is -0.352 e. The number of sulfonamides is 1. The van der Waals surface area contributed by atoms with Crippen LogP contribution in [0.15, 0.2) is 72.8 Å². The van der Waals surface area contributed by atoms with Gasteiger partial charge >= 0.3 is 0 Å². The standard InChI is InChI=1S/C31H38FN3O4S/c1-6-24(4)33-31(37)28(19-25-15-8-7-9-16-25)34(20-26-17-10-11-18-27(26)32)29(36)21-35(40(5,38)39)30-22(2)13-12-14-23(30)3/h7-18,24,28H,6,19-21H2,1-5H3,(H,33,37)/t24-,28+/m1/s1. The number of nitrogens with one attached hydrogen (secondary N) is 1. The van der Waals surface area contributed by atoms with E-state index in [1.165, 1.54) is 11.0 Å². The fourth-order valence-corrected chi connectivity index (χ4v) is 5.54. The third-order valence-corrected chi connectivity index (χ3v) is 8.05. The summed E-state index contributed by atoms with van der Waals surface area (Å²) in [6.07, 6.45) is 1.90. The number of carbonyl (C=O) groups excluding carboxylic acids is 2. The van der Waals surface area contributed by atoms with Crippen molar-refractivity contribution in [1.82, 2.24) is 10.2 Å². The number of anilines is 1. The first-order valence-corrected chi connectivity index (χ1v) is 15.2.